The predicted molar refractivity (Wildman–Crippen MR) is 108 cm³/mol. The molecule has 3 heteroatoms. The van der Waals surface area contributed by atoms with Crippen LogP contribution in [0.2, 0.25) is 0 Å². The molecule has 0 aromatic rings. The van der Waals surface area contributed by atoms with Crippen molar-refractivity contribution in [2.45, 2.75) is 90.4 Å². The summed E-state index contributed by atoms with van der Waals surface area (Å²) in [6, 6.07) is 0. The molecule has 3 nitrogen and oxygen atoms in total. The van der Waals surface area contributed by atoms with Gasteiger partial charge < -0.3 is 10.1 Å². The molecule has 0 aromatic heterocycles. The number of hydrogen-bond donors (Lipinski definition) is 1. The Balaban J connectivity index is 1.34. The molecule has 0 saturated heterocycles. The van der Waals surface area contributed by atoms with Crippen molar-refractivity contribution in [1.82, 2.24) is 5.32 Å². The van der Waals surface area contributed by atoms with Crippen molar-refractivity contribution in [1.29, 1.82) is 0 Å². The van der Waals surface area contributed by atoms with Crippen LogP contribution < -0.4 is 5.32 Å². The summed E-state index contributed by atoms with van der Waals surface area (Å²) in [4.78, 5) is 22.2. The second-order valence-corrected chi connectivity index (χ2v) is 10.4. The normalized spacial score (nSPS) is 43.3. The van der Waals surface area contributed by atoms with E-state index in [0.717, 1.165) is 48.2 Å². The van der Waals surface area contributed by atoms with Crippen molar-refractivity contribution < 1.29 is 9.59 Å². The lowest BCUT2D eigenvalue weighted by Gasteiger charge is -2.56. The first-order valence-electron chi connectivity index (χ1n) is 11.8. The van der Waals surface area contributed by atoms with E-state index >= 15 is 0 Å². The second kappa shape index (κ2) is 8.25. The average molecular weight is 374 g/mol. The van der Waals surface area contributed by atoms with Crippen molar-refractivity contribution in [3.8, 4) is 0 Å². The Morgan fingerprint density at radius 1 is 1.00 bits per heavy atom. The largest absolute Gasteiger partial charge is 0.349 e. The summed E-state index contributed by atoms with van der Waals surface area (Å²) in [7, 11) is 0. The van der Waals surface area contributed by atoms with E-state index in [0.29, 0.717) is 11.8 Å². The smallest absolute Gasteiger partial charge is 0.220 e. The lowest BCUT2D eigenvalue weighted by Crippen LogP contribution is -2.48. The highest BCUT2D eigenvalue weighted by molar-refractivity contribution is 5.78. The third kappa shape index (κ3) is 3.72. The minimum Gasteiger partial charge on any atom is -0.349 e. The summed E-state index contributed by atoms with van der Waals surface area (Å²) in [6.45, 7) is 2.76. The van der Waals surface area contributed by atoms with Crippen molar-refractivity contribution in [3.05, 3.63) is 0 Å². The quantitative estimate of drug-likeness (QED) is 0.656. The Morgan fingerprint density at radius 3 is 2.70 bits per heavy atom. The number of amides is 1. The maximum Gasteiger partial charge on any atom is 0.220 e. The van der Waals surface area contributed by atoms with E-state index < -0.39 is 0 Å². The maximum absolute atomic E-state index is 11.8. The van der Waals surface area contributed by atoms with E-state index in [2.05, 4.69) is 12.2 Å². The van der Waals surface area contributed by atoms with Gasteiger partial charge in [-0.15, -0.1) is 0 Å². The van der Waals surface area contributed by atoms with Gasteiger partial charge in [-0.1, -0.05) is 26.2 Å². The molecule has 4 aliphatic rings. The van der Waals surface area contributed by atoms with E-state index in [9.17, 15) is 9.59 Å². The van der Waals surface area contributed by atoms with Gasteiger partial charge in [-0.25, -0.2) is 0 Å². The lowest BCUT2D eigenvalue weighted by atomic mass is 9.49. The first-order valence-corrected chi connectivity index (χ1v) is 11.8. The molecular weight excluding hydrogens is 334 g/mol. The van der Waals surface area contributed by atoms with Gasteiger partial charge >= 0.3 is 0 Å². The van der Waals surface area contributed by atoms with E-state index in [4.69, 9.17) is 0 Å². The number of fused-ring (bicyclic) bond motifs is 5. The number of rotatable bonds is 6. The summed E-state index contributed by atoms with van der Waals surface area (Å²) >= 11 is 0. The van der Waals surface area contributed by atoms with E-state index in [1.807, 2.05) is 0 Å². The number of carbonyl (C=O) groups excluding carboxylic acids is 2. The monoisotopic (exact) mass is 373 g/mol. The zero-order valence-corrected chi connectivity index (χ0v) is 17.3. The highest BCUT2D eigenvalue weighted by atomic mass is 16.2. The molecule has 4 fully saturated rings. The standard InChI is InChI=1S/C24H39NO2/c1-24-14-13-20-19-7-3-2-5-17(19)9-11-21(20)22(24)12-10-18(24)6-4-8-23(27)25-15-16-26/h16-22H,2-15H2,1H3,(H,25,27). The van der Waals surface area contributed by atoms with Gasteiger partial charge in [0.25, 0.3) is 0 Å². The Morgan fingerprint density at radius 2 is 1.85 bits per heavy atom. The van der Waals surface area contributed by atoms with Gasteiger partial charge in [0.05, 0.1) is 6.54 Å². The molecular formula is C24H39NO2. The topological polar surface area (TPSA) is 46.2 Å². The molecule has 4 saturated carbocycles. The van der Waals surface area contributed by atoms with Gasteiger partial charge in [0.1, 0.15) is 6.29 Å². The highest BCUT2D eigenvalue weighted by Gasteiger charge is 2.56. The Labute approximate surface area is 165 Å². The van der Waals surface area contributed by atoms with Crippen molar-refractivity contribution in [2.24, 2.45) is 40.9 Å². The third-order valence-corrected chi connectivity index (χ3v) is 9.42. The summed E-state index contributed by atoms with van der Waals surface area (Å²) in [6.07, 6.45) is 18.3. The van der Waals surface area contributed by atoms with Gasteiger partial charge in [-0.2, -0.15) is 0 Å². The maximum atomic E-state index is 11.8. The second-order valence-electron chi connectivity index (χ2n) is 10.4. The zero-order valence-electron chi connectivity index (χ0n) is 17.3. The highest BCUT2D eigenvalue weighted by Crippen LogP contribution is 2.64. The van der Waals surface area contributed by atoms with Crippen molar-refractivity contribution in [3.63, 3.8) is 0 Å². The molecule has 0 radical (unpaired) electrons. The molecule has 4 rings (SSSR count). The van der Waals surface area contributed by atoms with Crippen LogP contribution >= 0.6 is 0 Å². The van der Waals surface area contributed by atoms with Crippen LogP contribution in [0.3, 0.4) is 0 Å². The zero-order chi connectivity index (χ0) is 18.9. The summed E-state index contributed by atoms with van der Waals surface area (Å²) < 4.78 is 0. The van der Waals surface area contributed by atoms with Crippen LogP contribution in [-0.2, 0) is 9.59 Å². The number of hydrogen-bond acceptors (Lipinski definition) is 2. The fourth-order valence-corrected chi connectivity index (χ4v) is 8.16. The fourth-order valence-electron chi connectivity index (χ4n) is 8.16. The summed E-state index contributed by atoms with van der Waals surface area (Å²) in [5, 5.41) is 2.68. The van der Waals surface area contributed by atoms with E-state index in [-0.39, 0.29) is 12.5 Å². The number of carbonyl (C=O) groups is 2. The van der Waals surface area contributed by atoms with Crippen LogP contribution in [0.5, 0.6) is 0 Å². The molecule has 7 unspecified atom stereocenters. The number of nitrogens with one attached hydrogen (secondary N) is 1. The molecule has 27 heavy (non-hydrogen) atoms. The van der Waals surface area contributed by atoms with Crippen molar-refractivity contribution in [2.75, 3.05) is 6.54 Å². The molecule has 0 aromatic carbocycles. The van der Waals surface area contributed by atoms with Gasteiger partial charge in [0.15, 0.2) is 0 Å². The van der Waals surface area contributed by atoms with E-state index in [1.54, 1.807) is 0 Å². The first kappa shape index (κ1) is 19.5. The van der Waals surface area contributed by atoms with Crippen LogP contribution in [0, 0.1) is 40.9 Å². The molecule has 0 heterocycles. The van der Waals surface area contributed by atoms with Crippen LogP contribution in [0.1, 0.15) is 90.4 Å². The van der Waals surface area contributed by atoms with Crippen LogP contribution in [0.4, 0.5) is 0 Å². The van der Waals surface area contributed by atoms with Gasteiger partial charge in [0.2, 0.25) is 5.91 Å². The van der Waals surface area contributed by atoms with Gasteiger partial charge in [0, 0.05) is 6.42 Å². The van der Waals surface area contributed by atoms with Crippen LogP contribution in [0.15, 0.2) is 0 Å². The Hall–Kier alpha value is -0.860. The molecule has 0 aliphatic heterocycles. The summed E-state index contributed by atoms with van der Waals surface area (Å²) in [5.41, 5.74) is 0.530. The Kier molecular flexibility index (Phi) is 5.94. The first-order chi connectivity index (χ1) is 13.1. The van der Waals surface area contributed by atoms with Crippen LogP contribution in [-0.4, -0.2) is 18.7 Å². The van der Waals surface area contributed by atoms with Crippen LogP contribution in [0.25, 0.3) is 0 Å². The molecule has 0 spiro atoms. The lowest BCUT2D eigenvalue weighted by molar-refractivity contribution is -0.122. The average Bonchev–Trinajstić information content (AvgIpc) is 3.02. The molecule has 7 atom stereocenters. The third-order valence-electron chi connectivity index (χ3n) is 9.42. The molecule has 4 aliphatic carbocycles. The van der Waals surface area contributed by atoms with E-state index in [1.165, 1.54) is 70.6 Å². The van der Waals surface area contributed by atoms with Gasteiger partial charge in [-0.3, -0.25) is 4.79 Å². The SMILES string of the molecule is CC12CCC3C4CCCCC4CCC3C1CCC2CCCC(=O)NCC=O. The molecule has 0 bridgehead atoms. The van der Waals surface area contributed by atoms with Gasteiger partial charge in [-0.05, 0) is 98.7 Å². The molecule has 1 amide bonds. The minimum atomic E-state index is 0.0427. The molecule has 1 N–H and O–H groups in total. The predicted octanol–water partition coefficient (Wildman–Crippen LogP) is 5.13. The fraction of sp³-hybridized carbons (Fsp3) is 0.917. The number of aldehydes is 1. The summed E-state index contributed by atoms with van der Waals surface area (Å²) in [5.74, 6) is 5.97. The molecule has 152 valence electrons. The van der Waals surface area contributed by atoms with Crippen molar-refractivity contribution >= 4 is 12.2 Å². The Bertz CT molecular complexity index is 546. The minimum absolute atomic E-state index is 0.0427.